The molecule has 0 saturated carbocycles. The van der Waals surface area contributed by atoms with Crippen LogP contribution in [0.1, 0.15) is 28.9 Å². The van der Waals surface area contributed by atoms with Gasteiger partial charge in [0.25, 0.3) is 5.91 Å². The van der Waals surface area contributed by atoms with Gasteiger partial charge in [-0.2, -0.15) is 8.78 Å². The minimum atomic E-state index is -2.89. The molecule has 5 nitrogen and oxygen atoms in total. The number of amides is 2. The van der Waals surface area contributed by atoms with E-state index in [2.05, 4.69) is 4.74 Å². The summed E-state index contributed by atoms with van der Waals surface area (Å²) >= 11 is 0. The van der Waals surface area contributed by atoms with Crippen LogP contribution in [0, 0.1) is 11.8 Å². The first-order valence-electron chi connectivity index (χ1n) is 9.60. The molecule has 2 heterocycles. The summed E-state index contributed by atoms with van der Waals surface area (Å²) in [6.07, 6.45) is 0. The summed E-state index contributed by atoms with van der Waals surface area (Å²) in [6.45, 7) is 0.454. The number of rotatable bonds is 4. The van der Waals surface area contributed by atoms with Crippen LogP contribution in [0.3, 0.4) is 0 Å². The van der Waals surface area contributed by atoms with Crippen molar-refractivity contribution in [2.24, 2.45) is 11.8 Å². The van der Waals surface area contributed by atoms with Gasteiger partial charge < -0.3 is 14.5 Å². The Balaban J connectivity index is 1.51. The Morgan fingerprint density at radius 2 is 1.69 bits per heavy atom. The molecular formula is C22H22F2N2O3. The number of benzene rings is 2. The maximum atomic E-state index is 12.9. The highest BCUT2D eigenvalue weighted by molar-refractivity contribution is 5.94. The van der Waals surface area contributed by atoms with E-state index in [-0.39, 0.29) is 35.4 Å². The van der Waals surface area contributed by atoms with Crippen LogP contribution in [0.4, 0.5) is 8.78 Å². The third-order valence-corrected chi connectivity index (χ3v) is 5.82. The maximum Gasteiger partial charge on any atom is 0.387 e. The van der Waals surface area contributed by atoms with Crippen molar-refractivity contribution >= 4 is 11.8 Å². The zero-order chi connectivity index (χ0) is 20.5. The summed E-state index contributed by atoms with van der Waals surface area (Å²) in [5.41, 5.74) is 1.52. The smallest absolute Gasteiger partial charge is 0.387 e. The number of ether oxygens (including phenoxy) is 1. The predicted molar refractivity (Wildman–Crippen MR) is 103 cm³/mol. The molecule has 2 aromatic carbocycles. The summed E-state index contributed by atoms with van der Waals surface area (Å²) in [4.78, 5) is 28.8. The average molecular weight is 400 g/mol. The maximum absolute atomic E-state index is 12.9. The summed E-state index contributed by atoms with van der Waals surface area (Å²) in [7, 11) is 0. The lowest BCUT2D eigenvalue weighted by Crippen LogP contribution is -2.36. The molecule has 4 rings (SSSR count). The van der Waals surface area contributed by atoms with Crippen molar-refractivity contribution < 1.29 is 23.1 Å². The molecule has 2 aromatic rings. The lowest BCUT2D eigenvalue weighted by Gasteiger charge is -2.29. The monoisotopic (exact) mass is 400 g/mol. The number of carbonyl (C=O) groups is 2. The highest BCUT2D eigenvalue weighted by atomic mass is 19.3. The van der Waals surface area contributed by atoms with Gasteiger partial charge in [0.1, 0.15) is 5.75 Å². The lowest BCUT2D eigenvalue weighted by atomic mass is 9.89. The van der Waals surface area contributed by atoms with E-state index in [1.165, 1.54) is 24.3 Å². The molecule has 29 heavy (non-hydrogen) atoms. The van der Waals surface area contributed by atoms with Crippen molar-refractivity contribution in [1.29, 1.82) is 0 Å². The van der Waals surface area contributed by atoms with E-state index < -0.39 is 6.61 Å². The Kier molecular flexibility index (Phi) is 5.22. The van der Waals surface area contributed by atoms with E-state index in [9.17, 15) is 18.4 Å². The topological polar surface area (TPSA) is 49.9 Å². The van der Waals surface area contributed by atoms with Gasteiger partial charge in [0.05, 0.1) is 6.04 Å². The van der Waals surface area contributed by atoms with Crippen molar-refractivity contribution in [1.82, 2.24) is 9.80 Å². The minimum absolute atomic E-state index is 0.0242. The van der Waals surface area contributed by atoms with Gasteiger partial charge in [0.15, 0.2) is 0 Å². The van der Waals surface area contributed by atoms with Gasteiger partial charge in [0.2, 0.25) is 5.91 Å². The molecule has 152 valence electrons. The molecule has 0 unspecified atom stereocenters. The molecule has 7 heteroatoms. The number of hydrogen-bond acceptors (Lipinski definition) is 3. The SMILES string of the molecule is CC(=O)N1C[C@H]2CN(C(=O)c3ccc(OC(F)F)cc3)C[C@H]2[C@@H]1c1ccccc1. The van der Waals surface area contributed by atoms with Crippen molar-refractivity contribution in [2.75, 3.05) is 19.6 Å². The number of carbonyl (C=O) groups excluding carboxylic acids is 2. The predicted octanol–water partition coefficient (Wildman–Crippen LogP) is 3.58. The largest absolute Gasteiger partial charge is 0.435 e. The van der Waals surface area contributed by atoms with Gasteiger partial charge in [0, 0.05) is 44.0 Å². The van der Waals surface area contributed by atoms with E-state index >= 15 is 0 Å². The number of nitrogens with zero attached hydrogens (tertiary/aromatic N) is 2. The summed E-state index contributed by atoms with van der Waals surface area (Å²) in [5, 5.41) is 0. The molecule has 2 amide bonds. The fourth-order valence-corrected chi connectivity index (χ4v) is 4.57. The molecule has 2 aliphatic heterocycles. The fraction of sp³-hybridized carbons (Fsp3) is 0.364. The second-order valence-electron chi connectivity index (χ2n) is 7.56. The van der Waals surface area contributed by atoms with Gasteiger partial charge in [-0.25, -0.2) is 0 Å². The van der Waals surface area contributed by atoms with Crippen molar-refractivity contribution in [3.63, 3.8) is 0 Å². The van der Waals surface area contributed by atoms with Crippen LogP contribution in [0.2, 0.25) is 0 Å². The van der Waals surface area contributed by atoms with E-state index in [0.29, 0.717) is 25.2 Å². The summed E-state index contributed by atoms with van der Waals surface area (Å²) in [5.74, 6) is 0.321. The second kappa shape index (κ2) is 7.81. The zero-order valence-electron chi connectivity index (χ0n) is 16.0. The average Bonchev–Trinajstić information content (AvgIpc) is 3.26. The number of hydrogen-bond donors (Lipinski definition) is 0. The quantitative estimate of drug-likeness (QED) is 0.788. The van der Waals surface area contributed by atoms with Gasteiger partial charge in [-0.3, -0.25) is 9.59 Å². The molecule has 0 spiro atoms. The Morgan fingerprint density at radius 3 is 2.31 bits per heavy atom. The molecule has 0 N–H and O–H groups in total. The summed E-state index contributed by atoms with van der Waals surface area (Å²) in [6, 6.07) is 15.6. The van der Waals surface area contributed by atoms with Gasteiger partial charge in [-0.1, -0.05) is 30.3 Å². The number of likely N-dealkylation sites (tertiary alicyclic amines) is 2. The van der Waals surface area contributed by atoms with Gasteiger partial charge in [-0.05, 0) is 29.8 Å². The molecule has 0 bridgehead atoms. The van der Waals surface area contributed by atoms with Crippen molar-refractivity contribution in [3.8, 4) is 5.75 Å². The number of alkyl halides is 2. The van der Waals surface area contributed by atoms with Crippen LogP contribution < -0.4 is 4.74 Å². The van der Waals surface area contributed by atoms with Crippen LogP contribution in [-0.2, 0) is 4.79 Å². The van der Waals surface area contributed by atoms with Crippen LogP contribution >= 0.6 is 0 Å². The molecule has 0 aliphatic carbocycles. The highest BCUT2D eigenvalue weighted by Crippen LogP contribution is 2.45. The normalized spacial score (nSPS) is 23.4. The first-order chi connectivity index (χ1) is 13.9. The van der Waals surface area contributed by atoms with E-state index in [1.807, 2.05) is 35.2 Å². The fourth-order valence-electron chi connectivity index (χ4n) is 4.57. The van der Waals surface area contributed by atoms with Gasteiger partial charge in [-0.15, -0.1) is 0 Å². The number of fused-ring (bicyclic) bond motifs is 1. The third kappa shape index (κ3) is 3.81. The number of halogens is 2. The van der Waals surface area contributed by atoms with E-state index in [0.717, 1.165) is 5.56 Å². The van der Waals surface area contributed by atoms with Crippen LogP contribution in [0.25, 0.3) is 0 Å². The first kappa shape index (κ1) is 19.4. The second-order valence-corrected chi connectivity index (χ2v) is 7.56. The molecular weight excluding hydrogens is 378 g/mol. The first-order valence-corrected chi connectivity index (χ1v) is 9.60. The van der Waals surface area contributed by atoms with Crippen molar-refractivity contribution in [2.45, 2.75) is 19.6 Å². The molecule has 2 saturated heterocycles. The lowest BCUT2D eigenvalue weighted by molar-refractivity contribution is -0.130. The standard InChI is InChI=1S/C22H22F2N2O3/c1-14(27)26-12-17-11-25(13-19(17)20(26)15-5-3-2-4-6-15)21(28)16-7-9-18(10-8-16)29-22(23)24/h2-10,17,19-20,22H,11-13H2,1H3/t17-,19-,20+/m1/s1. The molecule has 2 aliphatic rings. The van der Waals surface area contributed by atoms with Gasteiger partial charge >= 0.3 is 6.61 Å². The van der Waals surface area contributed by atoms with Crippen LogP contribution in [0.15, 0.2) is 54.6 Å². The molecule has 3 atom stereocenters. The van der Waals surface area contributed by atoms with Crippen LogP contribution in [-0.4, -0.2) is 47.9 Å². The minimum Gasteiger partial charge on any atom is -0.435 e. The summed E-state index contributed by atoms with van der Waals surface area (Å²) < 4.78 is 28.9. The zero-order valence-corrected chi connectivity index (χ0v) is 16.0. The Hall–Kier alpha value is -2.96. The Bertz CT molecular complexity index is 889. The Labute approximate surface area is 167 Å². The van der Waals surface area contributed by atoms with Crippen LogP contribution in [0.5, 0.6) is 5.75 Å². The van der Waals surface area contributed by atoms with E-state index in [1.54, 1.807) is 11.8 Å². The van der Waals surface area contributed by atoms with Crippen molar-refractivity contribution in [3.05, 3.63) is 65.7 Å². The van der Waals surface area contributed by atoms with E-state index in [4.69, 9.17) is 0 Å². The highest BCUT2D eigenvalue weighted by Gasteiger charge is 2.49. The molecule has 0 radical (unpaired) electrons. The molecule has 2 fully saturated rings. The third-order valence-electron chi connectivity index (χ3n) is 5.82. The Morgan fingerprint density at radius 1 is 1.00 bits per heavy atom. The molecule has 0 aromatic heterocycles.